The molecule has 4 nitrogen and oxygen atoms in total. The minimum absolute atomic E-state index is 0.214. The van der Waals surface area contributed by atoms with Crippen molar-refractivity contribution in [1.29, 1.82) is 0 Å². The van der Waals surface area contributed by atoms with Gasteiger partial charge in [-0.2, -0.15) is 0 Å². The molecule has 0 aliphatic heterocycles. The molecule has 0 saturated carbocycles. The van der Waals surface area contributed by atoms with Gasteiger partial charge in [-0.05, 0) is 30.7 Å². The van der Waals surface area contributed by atoms with E-state index < -0.39 is 6.10 Å². The summed E-state index contributed by atoms with van der Waals surface area (Å²) in [6, 6.07) is 5.57. The van der Waals surface area contributed by atoms with Gasteiger partial charge in [0.25, 0.3) is 0 Å². The Morgan fingerprint density at radius 3 is 2.82 bits per heavy atom. The third-order valence-electron chi connectivity index (χ3n) is 2.19. The summed E-state index contributed by atoms with van der Waals surface area (Å²) in [6.07, 6.45) is -0.611. The van der Waals surface area contributed by atoms with Crippen molar-refractivity contribution in [2.45, 2.75) is 19.6 Å². The van der Waals surface area contributed by atoms with Gasteiger partial charge in [0.05, 0.1) is 6.61 Å². The highest BCUT2D eigenvalue weighted by Crippen LogP contribution is 2.22. The molecule has 1 atom stereocenters. The Kier molecular flexibility index (Phi) is 6.50. The van der Waals surface area contributed by atoms with E-state index in [-0.39, 0.29) is 13.2 Å². The lowest BCUT2D eigenvalue weighted by Gasteiger charge is -2.13. The van der Waals surface area contributed by atoms with E-state index in [1.54, 1.807) is 0 Å². The quantitative estimate of drug-likeness (QED) is 0.804. The smallest absolute Gasteiger partial charge is 0.119 e. The molecule has 1 rings (SSSR count). The van der Waals surface area contributed by atoms with Gasteiger partial charge in [0.2, 0.25) is 0 Å². The Hall–Kier alpha value is -0.620. The van der Waals surface area contributed by atoms with Gasteiger partial charge >= 0.3 is 0 Å². The van der Waals surface area contributed by atoms with Crippen LogP contribution >= 0.6 is 15.9 Å². The first-order chi connectivity index (χ1) is 8.17. The third kappa shape index (κ3) is 5.04. The van der Waals surface area contributed by atoms with Crippen molar-refractivity contribution >= 4 is 15.9 Å². The molecule has 0 saturated heterocycles. The van der Waals surface area contributed by atoms with E-state index in [4.69, 9.17) is 15.2 Å². The van der Waals surface area contributed by atoms with Crippen LogP contribution in [0.3, 0.4) is 0 Å². The zero-order valence-electron chi connectivity index (χ0n) is 9.86. The maximum absolute atomic E-state index is 9.54. The van der Waals surface area contributed by atoms with Crippen molar-refractivity contribution in [1.82, 2.24) is 0 Å². The second-order valence-electron chi connectivity index (χ2n) is 3.58. The monoisotopic (exact) mass is 303 g/mol. The Morgan fingerprint density at radius 1 is 1.41 bits per heavy atom. The Morgan fingerprint density at radius 2 is 2.18 bits per heavy atom. The Bertz CT molecular complexity index is 347. The predicted octanol–water partition coefficient (Wildman–Crippen LogP) is 1.68. The molecular weight excluding hydrogens is 286 g/mol. The van der Waals surface area contributed by atoms with Gasteiger partial charge in [-0.3, -0.25) is 0 Å². The molecule has 0 fully saturated rings. The molecule has 0 spiro atoms. The van der Waals surface area contributed by atoms with Crippen LogP contribution in [0.2, 0.25) is 0 Å². The average molecular weight is 304 g/mol. The molecule has 1 aromatic carbocycles. The number of aliphatic hydroxyl groups excluding tert-OH is 1. The molecule has 0 aliphatic carbocycles. The third-order valence-corrected chi connectivity index (χ3v) is 2.97. The van der Waals surface area contributed by atoms with Crippen molar-refractivity contribution in [3.05, 3.63) is 28.2 Å². The molecule has 0 aliphatic rings. The second-order valence-corrected chi connectivity index (χ2v) is 4.44. The van der Waals surface area contributed by atoms with Crippen LogP contribution in [-0.4, -0.2) is 31.0 Å². The van der Waals surface area contributed by atoms with Gasteiger partial charge in [0.1, 0.15) is 18.5 Å². The van der Waals surface area contributed by atoms with Gasteiger partial charge in [-0.25, -0.2) is 0 Å². The van der Waals surface area contributed by atoms with Crippen molar-refractivity contribution in [3.8, 4) is 5.75 Å². The molecule has 3 N–H and O–H groups in total. The standard InChI is InChI=1S/C12H18BrNO3/c1-2-16-7-10(15)8-17-11-3-4-12(13)9(5-11)6-14/h3-5,10,15H,2,6-8,14H2,1H3. The highest BCUT2D eigenvalue weighted by molar-refractivity contribution is 9.10. The summed E-state index contributed by atoms with van der Waals surface area (Å²) >= 11 is 3.40. The highest BCUT2D eigenvalue weighted by atomic mass is 79.9. The van der Waals surface area contributed by atoms with Crippen molar-refractivity contribution in [3.63, 3.8) is 0 Å². The average Bonchev–Trinajstić information content (AvgIpc) is 2.35. The van der Waals surface area contributed by atoms with Crippen LogP contribution in [0.4, 0.5) is 0 Å². The van der Waals surface area contributed by atoms with Crippen LogP contribution < -0.4 is 10.5 Å². The first kappa shape index (κ1) is 14.4. The second kappa shape index (κ2) is 7.66. The van der Waals surface area contributed by atoms with Crippen molar-refractivity contribution in [2.75, 3.05) is 19.8 Å². The van der Waals surface area contributed by atoms with Crippen molar-refractivity contribution in [2.24, 2.45) is 5.73 Å². The maximum atomic E-state index is 9.54. The van der Waals surface area contributed by atoms with Gasteiger partial charge in [0, 0.05) is 17.6 Å². The van der Waals surface area contributed by atoms with E-state index in [9.17, 15) is 5.11 Å². The molecule has 0 heterocycles. The van der Waals surface area contributed by atoms with Crippen LogP contribution in [0.15, 0.2) is 22.7 Å². The lowest BCUT2D eigenvalue weighted by Crippen LogP contribution is -2.23. The zero-order chi connectivity index (χ0) is 12.7. The number of benzene rings is 1. The SMILES string of the molecule is CCOCC(O)COc1ccc(Br)c(CN)c1. The summed E-state index contributed by atoms with van der Waals surface area (Å²) in [5.41, 5.74) is 6.56. The van der Waals surface area contributed by atoms with Crippen LogP contribution in [0, 0.1) is 0 Å². The van der Waals surface area contributed by atoms with E-state index in [2.05, 4.69) is 15.9 Å². The molecule has 96 valence electrons. The molecule has 17 heavy (non-hydrogen) atoms. The fourth-order valence-corrected chi connectivity index (χ4v) is 1.70. The van der Waals surface area contributed by atoms with Gasteiger partial charge in [-0.1, -0.05) is 15.9 Å². The summed E-state index contributed by atoms with van der Waals surface area (Å²) in [7, 11) is 0. The van der Waals surface area contributed by atoms with Gasteiger partial charge in [-0.15, -0.1) is 0 Å². The van der Waals surface area contributed by atoms with E-state index in [0.717, 1.165) is 10.0 Å². The van der Waals surface area contributed by atoms with Gasteiger partial charge < -0.3 is 20.3 Å². The Balaban J connectivity index is 2.46. The predicted molar refractivity (Wildman–Crippen MR) is 70.0 cm³/mol. The topological polar surface area (TPSA) is 64.7 Å². The molecule has 0 aromatic heterocycles. The number of nitrogens with two attached hydrogens (primary N) is 1. The minimum atomic E-state index is -0.611. The maximum Gasteiger partial charge on any atom is 0.119 e. The van der Waals surface area contributed by atoms with Crippen molar-refractivity contribution < 1.29 is 14.6 Å². The number of aliphatic hydroxyl groups is 1. The molecular formula is C12H18BrNO3. The fourth-order valence-electron chi connectivity index (χ4n) is 1.29. The zero-order valence-corrected chi connectivity index (χ0v) is 11.4. The molecule has 5 heteroatoms. The molecule has 0 radical (unpaired) electrons. The number of hydrogen-bond acceptors (Lipinski definition) is 4. The summed E-state index contributed by atoms with van der Waals surface area (Å²) in [5, 5.41) is 9.54. The molecule has 1 unspecified atom stereocenters. The molecule has 0 amide bonds. The van der Waals surface area contributed by atoms with Crippen LogP contribution in [0.1, 0.15) is 12.5 Å². The summed E-state index contributed by atoms with van der Waals surface area (Å²) in [4.78, 5) is 0. The number of rotatable bonds is 7. The molecule has 1 aromatic rings. The lowest BCUT2D eigenvalue weighted by atomic mass is 10.2. The lowest BCUT2D eigenvalue weighted by molar-refractivity contribution is 0.0164. The van der Waals surface area contributed by atoms with Crippen LogP contribution in [0.5, 0.6) is 5.75 Å². The van der Waals surface area contributed by atoms with Gasteiger partial charge in [0.15, 0.2) is 0 Å². The van der Waals surface area contributed by atoms with Crippen LogP contribution in [-0.2, 0) is 11.3 Å². The number of halogens is 1. The summed E-state index contributed by atoms with van der Waals surface area (Å²) < 4.78 is 11.5. The summed E-state index contributed by atoms with van der Waals surface area (Å²) in [6.45, 7) is 3.42. The number of hydrogen-bond donors (Lipinski definition) is 2. The number of ether oxygens (including phenoxy) is 2. The van der Waals surface area contributed by atoms with E-state index >= 15 is 0 Å². The molecule has 0 bridgehead atoms. The van der Waals surface area contributed by atoms with E-state index in [0.29, 0.717) is 18.9 Å². The Labute approximate surface area is 110 Å². The van der Waals surface area contributed by atoms with Crippen LogP contribution in [0.25, 0.3) is 0 Å². The first-order valence-corrected chi connectivity index (χ1v) is 6.33. The fraction of sp³-hybridized carbons (Fsp3) is 0.500. The van der Waals surface area contributed by atoms with E-state index in [1.807, 2.05) is 25.1 Å². The first-order valence-electron chi connectivity index (χ1n) is 5.54. The highest BCUT2D eigenvalue weighted by Gasteiger charge is 2.06. The van der Waals surface area contributed by atoms with E-state index in [1.165, 1.54) is 0 Å². The summed E-state index contributed by atoms with van der Waals surface area (Å²) in [5.74, 6) is 0.698. The largest absolute Gasteiger partial charge is 0.491 e. The minimum Gasteiger partial charge on any atom is -0.491 e. The normalized spacial score (nSPS) is 12.5.